The molecule has 1 amide bonds. The molecule has 8 heteroatoms. The minimum absolute atomic E-state index is 0.0783. The van der Waals surface area contributed by atoms with Gasteiger partial charge >= 0.3 is 0 Å². The smallest absolute Gasteiger partial charge is 0.244 e. The summed E-state index contributed by atoms with van der Waals surface area (Å²) in [6, 6.07) is 11.1. The SMILES string of the molecule is CC1CCN(C(CNC(=O)/C=C/c2ccc(S(=O)(=O)NC3CC3)cc2)c2cccs2)CC1. The highest BCUT2D eigenvalue weighted by Gasteiger charge is 2.28. The van der Waals surface area contributed by atoms with Gasteiger partial charge in [-0.3, -0.25) is 9.69 Å². The van der Waals surface area contributed by atoms with Crippen molar-refractivity contribution < 1.29 is 13.2 Å². The minimum Gasteiger partial charge on any atom is -0.351 e. The van der Waals surface area contributed by atoms with E-state index in [1.165, 1.54) is 23.8 Å². The Morgan fingerprint density at radius 2 is 1.88 bits per heavy atom. The fourth-order valence-electron chi connectivity index (χ4n) is 3.91. The molecule has 0 spiro atoms. The lowest BCUT2D eigenvalue weighted by molar-refractivity contribution is -0.116. The third-order valence-corrected chi connectivity index (χ3v) is 8.63. The molecule has 2 aromatic rings. The van der Waals surface area contributed by atoms with Gasteiger partial charge in [0.1, 0.15) is 0 Å². The molecule has 1 aliphatic heterocycles. The first kappa shape index (κ1) is 23.2. The van der Waals surface area contributed by atoms with Crippen LogP contribution in [-0.2, 0) is 14.8 Å². The van der Waals surface area contributed by atoms with Crippen LogP contribution in [0.3, 0.4) is 0 Å². The molecule has 1 aromatic carbocycles. The number of nitrogens with zero attached hydrogens (tertiary/aromatic N) is 1. The van der Waals surface area contributed by atoms with E-state index in [1.807, 2.05) is 0 Å². The van der Waals surface area contributed by atoms with E-state index in [4.69, 9.17) is 0 Å². The van der Waals surface area contributed by atoms with E-state index in [9.17, 15) is 13.2 Å². The molecule has 4 rings (SSSR count). The van der Waals surface area contributed by atoms with Crippen LogP contribution in [0.25, 0.3) is 6.08 Å². The average Bonchev–Trinajstić information content (AvgIpc) is 3.42. The van der Waals surface area contributed by atoms with Crippen molar-refractivity contribution in [2.75, 3.05) is 19.6 Å². The Hall–Kier alpha value is -2.00. The Balaban J connectivity index is 1.33. The van der Waals surface area contributed by atoms with Gasteiger partial charge in [0, 0.05) is 23.5 Å². The number of hydrogen-bond donors (Lipinski definition) is 2. The Bertz CT molecular complexity index is 1020. The lowest BCUT2D eigenvalue weighted by Gasteiger charge is -2.36. The molecule has 6 nitrogen and oxygen atoms in total. The summed E-state index contributed by atoms with van der Waals surface area (Å²) in [5, 5.41) is 5.13. The number of thiophene rings is 1. The van der Waals surface area contributed by atoms with Crippen molar-refractivity contribution in [1.82, 2.24) is 14.9 Å². The molecule has 2 heterocycles. The van der Waals surface area contributed by atoms with Gasteiger partial charge in [-0.2, -0.15) is 0 Å². The molecule has 0 radical (unpaired) electrons. The normalized spacial score (nSPS) is 19.3. The molecule has 1 unspecified atom stereocenters. The van der Waals surface area contributed by atoms with Crippen LogP contribution in [0, 0.1) is 5.92 Å². The second-order valence-corrected chi connectivity index (χ2v) is 11.5. The minimum atomic E-state index is -3.46. The highest BCUT2D eigenvalue weighted by Crippen LogP contribution is 2.29. The van der Waals surface area contributed by atoms with Crippen molar-refractivity contribution in [2.24, 2.45) is 5.92 Å². The van der Waals surface area contributed by atoms with Gasteiger partial charge in [0.25, 0.3) is 0 Å². The third kappa shape index (κ3) is 6.28. The number of carbonyl (C=O) groups excluding carboxylic acids is 1. The Kier molecular flexibility index (Phi) is 7.45. The van der Waals surface area contributed by atoms with Crippen molar-refractivity contribution in [3.63, 3.8) is 0 Å². The number of hydrogen-bond acceptors (Lipinski definition) is 5. The summed E-state index contributed by atoms with van der Waals surface area (Å²) < 4.78 is 27.2. The molecule has 1 saturated heterocycles. The number of amides is 1. The van der Waals surface area contributed by atoms with Crippen molar-refractivity contribution in [3.05, 3.63) is 58.3 Å². The van der Waals surface area contributed by atoms with Crippen molar-refractivity contribution in [1.29, 1.82) is 0 Å². The first-order valence-electron chi connectivity index (χ1n) is 11.3. The Morgan fingerprint density at radius 3 is 2.50 bits per heavy atom. The first-order valence-corrected chi connectivity index (χ1v) is 13.6. The van der Waals surface area contributed by atoms with Crippen molar-refractivity contribution >= 4 is 33.3 Å². The maximum Gasteiger partial charge on any atom is 0.244 e. The van der Waals surface area contributed by atoms with Gasteiger partial charge in [-0.15, -0.1) is 11.3 Å². The molecule has 1 saturated carbocycles. The first-order chi connectivity index (χ1) is 15.4. The van der Waals surface area contributed by atoms with Crippen LogP contribution >= 0.6 is 11.3 Å². The summed E-state index contributed by atoms with van der Waals surface area (Å²) in [5.41, 5.74) is 0.783. The molecule has 1 atom stereocenters. The molecule has 32 heavy (non-hydrogen) atoms. The van der Waals surface area contributed by atoms with Gasteiger partial charge in [-0.05, 0) is 79.9 Å². The Labute approximate surface area is 194 Å². The van der Waals surface area contributed by atoms with Crippen LogP contribution in [0.4, 0.5) is 0 Å². The van der Waals surface area contributed by atoms with Crippen LogP contribution in [0.1, 0.15) is 49.1 Å². The molecule has 1 aliphatic carbocycles. The van der Waals surface area contributed by atoms with Crippen molar-refractivity contribution in [3.8, 4) is 0 Å². The molecule has 2 aliphatic rings. The predicted octanol–water partition coefficient (Wildman–Crippen LogP) is 3.79. The van der Waals surface area contributed by atoms with Gasteiger partial charge in [-0.25, -0.2) is 13.1 Å². The second-order valence-electron chi connectivity index (χ2n) is 8.79. The molecular formula is C24H31N3O3S2. The van der Waals surface area contributed by atoms with Gasteiger partial charge < -0.3 is 5.32 Å². The molecule has 0 bridgehead atoms. The summed E-state index contributed by atoms with van der Waals surface area (Å²) in [5.74, 6) is 0.614. The zero-order chi connectivity index (χ0) is 22.6. The number of nitrogens with one attached hydrogen (secondary N) is 2. The molecular weight excluding hydrogens is 442 g/mol. The lowest BCUT2D eigenvalue weighted by Crippen LogP contribution is -2.41. The van der Waals surface area contributed by atoms with E-state index < -0.39 is 10.0 Å². The number of rotatable bonds is 9. The van der Waals surface area contributed by atoms with Gasteiger partial charge in [0.05, 0.1) is 10.9 Å². The third-order valence-electron chi connectivity index (χ3n) is 6.12. The zero-order valence-corrected chi connectivity index (χ0v) is 20.0. The van der Waals surface area contributed by atoms with Crippen LogP contribution in [0.2, 0.25) is 0 Å². The largest absolute Gasteiger partial charge is 0.351 e. The number of piperidine rings is 1. The van der Waals surface area contributed by atoms with E-state index >= 15 is 0 Å². The number of carbonyl (C=O) groups is 1. The highest BCUT2D eigenvalue weighted by molar-refractivity contribution is 7.89. The highest BCUT2D eigenvalue weighted by atomic mass is 32.2. The summed E-state index contributed by atoms with van der Waals surface area (Å²) in [7, 11) is -3.46. The predicted molar refractivity (Wildman–Crippen MR) is 129 cm³/mol. The van der Waals surface area contributed by atoms with E-state index in [-0.39, 0.29) is 22.9 Å². The van der Waals surface area contributed by atoms with Crippen LogP contribution in [0.5, 0.6) is 0 Å². The zero-order valence-electron chi connectivity index (χ0n) is 18.4. The topological polar surface area (TPSA) is 78.5 Å². The van der Waals surface area contributed by atoms with E-state index in [1.54, 1.807) is 41.7 Å². The summed E-state index contributed by atoms with van der Waals surface area (Å²) in [4.78, 5) is 16.5. The Morgan fingerprint density at radius 1 is 1.16 bits per heavy atom. The molecule has 1 aromatic heterocycles. The summed E-state index contributed by atoms with van der Waals surface area (Å²) >= 11 is 1.73. The average molecular weight is 474 g/mol. The maximum absolute atomic E-state index is 12.5. The van der Waals surface area contributed by atoms with Crippen LogP contribution in [0.15, 0.2) is 52.7 Å². The van der Waals surface area contributed by atoms with Crippen LogP contribution in [-0.4, -0.2) is 44.9 Å². The number of benzene rings is 1. The number of likely N-dealkylation sites (tertiary alicyclic amines) is 1. The van der Waals surface area contributed by atoms with E-state index in [0.29, 0.717) is 6.54 Å². The maximum atomic E-state index is 12.5. The second kappa shape index (κ2) is 10.3. The lowest BCUT2D eigenvalue weighted by atomic mass is 9.97. The summed E-state index contributed by atoms with van der Waals surface area (Å²) in [6.07, 6.45) is 7.41. The van der Waals surface area contributed by atoms with Gasteiger partial charge in [-0.1, -0.05) is 25.1 Å². The van der Waals surface area contributed by atoms with Gasteiger partial charge in [0.15, 0.2) is 0 Å². The van der Waals surface area contributed by atoms with Crippen LogP contribution < -0.4 is 10.0 Å². The molecule has 2 fully saturated rings. The number of sulfonamides is 1. The van der Waals surface area contributed by atoms with Crippen molar-refractivity contribution in [2.45, 2.75) is 49.6 Å². The standard InChI is InChI=1S/C24H31N3O3S2/c1-18-12-14-27(15-13-18)22(23-3-2-16-31-23)17-25-24(28)11-6-19-4-9-21(10-5-19)32(29,30)26-20-7-8-20/h2-6,9-11,16,18,20,22,26H,7-8,12-15,17H2,1H3,(H,25,28)/b11-6+. The fourth-order valence-corrected chi connectivity index (χ4v) is 6.07. The fraction of sp³-hybridized carbons (Fsp3) is 0.458. The van der Waals surface area contributed by atoms with E-state index in [2.05, 4.69) is 39.4 Å². The molecule has 172 valence electrons. The summed E-state index contributed by atoms with van der Waals surface area (Å²) in [6.45, 7) is 4.98. The van der Waals surface area contributed by atoms with E-state index in [0.717, 1.165) is 37.4 Å². The monoisotopic (exact) mass is 473 g/mol. The molecule has 2 N–H and O–H groups in total. The van der Waals surface area contributed by atoms with Gasteiger partial charge in [0.2, 0.25) is 15.9 Å². The quantitative estimate of drug-likeness (QED) is 0.543.